The minimum absolute atomic E-state index is 0.0191. The van der Waals surface area contributed by atoms with Gasteiger partial charge in [0.25, 0.3) is 5.91 Å². The highest BCUT2D eigenvalue weighted by atomic mass is 16.3. The smallest absolute Gasteiger partial charge is 0.324 e. The standard InChI is InChI=1S/C53H101N11O10/c1-31(2)24-39(54-15)50(71)62(19)42(26-33(5)6)51(72)64(21)45(35(9)10)52(73)61(18)41(28-37(13)22-23-65)49(70)58-53(74)59(16)29-44(67)60(17)40(25-32(3)4)48(69)57-46(36(11)12)63(20)43(27-34(7)8)56-38(14)47(68)55-30-66/h30-43,45-46,54,56,65H,22-29H2,1-21H3,(H,57,69)(H,55,66,68)(H,58,70,74)/t37-,38?,39+,40+,41+,42+,43+,45?,46?/m1/s1. The summed E-state index contributed by atoms with van der Waals surface area (Å²) in [6, 6.07) is -6.35. The quantitative estimate of drug-likeness (QED) is 0.0409. The van der Waals surface area contributed by atoms with Crippen LogP contribution in [0.2, 0.25) is 0 Å². The minimum atomic E-state index is -1.24. The third-order valence-electron chi connectivity index (χ3n) is 13.6. The van der Waals surface area contributed by atoms with Crippen molar-refractivity contribution in [3.05, 3.63) is 0 Å². The third kappa shape index (κ3) is 22.2. The average molecular weight is 1050 g/mol. The normalized spacial score (nSPS) is 15.5. The van der Waals surface area contributed by atoms with Crippen LogP contribution in [0.1, 0.15) is 135 Å². The zero-order valence-electron chi connectivity index (χ0n) is 49.2. The number of carbonyl (C=O) groups excluding carboxylic acids is 9. The first-order valence-corrected chi connectivity index (χ1v) is 26.6. The van der Waals surface area contributed by atoms with Crippen molar-refractivity contribution < 1.29 is 48.3 Å². The second kappa shape index (κ2) is 33.3. The molecule has 0 aliphatic carbocycles. The lowest BCUT2D eigenvalue weighted by atomic mass is 9.94. The van der Waals surface area contributed by atoms with E-state index < -0.39 is 103 Å². The van der Waals surface area contributed by atoms with Crippen LogP contribution in [-0.4, -0.2) is 199 Å². The van der Waals surface area contributed by atoms with E-state index in [1.54, 1.807) is 41.8 Å². The number of nitrogens with zero attached hydrogens (tertiary/aromatic N) is 6. The fourth-order valence-corrected chi connectivity index (χ4v) is 9.13. The zero-order valence-corrected chi connectivity index (χ0v) is 49.2. The van der Waals surface area contributed by atoms with Crippen LogP contribution in [0.3, 0.4) is 0 Å². The summed E-state index contributed by atoms with van der Waals surface area (Å²) in [7, 11) is 10.9. The van der Waals surface area contributed by atoms with Crippen molar-refractivity contribution in [1.29, 1.82) is 0 Å². The van der Waals surface area contributed by atoms with Gasteiger partial charge in [0.2, 0.25) is 41.9 Å². The van der Waals surface area contributed by atoms with Gasteiger partial charge in [0.1, 0.15) is 30.7 Å². The maximum atomic E-state index is 14.7. The summed E-state index contributed by atoms with van der Waals surface area (Å²) in [5.41, 5.74) is 0. The first-order valence-electron chi connectivity index (χ1n) is 26.6. The molecule has 0 rings (SSSR count). The average Bonchev–Trinajstić information content (AvgIpc) is 3.30. The van der Waals surface area contributed by atoms with Gasteiger partial charge in [-0.25, -0.2) is 4.79 Å². The predicted octanol–water partition coefficient (Wildman–Crippen LogP) is 2.91. The van der Waals surface area contributed by atoms with Crippen molar-refractivity contribution in [2.75, 3.05) is 62.5 Å². The molecule has 74 heavy (non-hydrogen) atoms. The second-order valence-corrected chi connectivity index (χ2v) is 22.8. The molecule has 428 valence electrons. The Morgan fingerprint density at radius 3 is 1.51 bits per heavy atom. The highest BCUT2D eigenvalue weighted by Crippen LogP contribution is 2.24. The van der Waals surface area contributed by atoms with Gasteiger partial charge in [0.05, 0.1) is 24.4 Å². The molecule has 0 aromatic heterocycles. The van der Waals surface area contributed by atoms with Crippen molar-refractivity contribution >= 4 is 53.8 Å². The SMILES string of the molecule is CN[C@@H](CC(C)C)C(=O)N(C)[C@@H](CC(C)C)C(=O)N(C)C(C(=O)N(C)[C@@H](C[C@H](C)CCO)C(=O)NC(=O)N(C)CC(=O)N(C)[C@@H](CC(C)C)C(=O)NC(C(C)C)N(C)[C@@H](CC(C)C)NC(C)C(=O)NC=O)C(C)C. The Morgan fingerprint density at radius 2 is 1.05 bits per heavy atom. The molecular weight excluding hydrogens is 951 g/mol. The number of urea groups is 1. The van der Waals surface area contributed by atoms with E-state index >= 15 is 0 Å². The summed E-state index contributed by atoms with van der Waals surface area (Å²) in [5, 5.41) is 23.8. The van der Waals surface area contributed by atoms with E-state index in [-0.39, 0.29) is 60.9 Å². The summed E-state index contributed by atoms with van der Waals surface area (Å²) in [5.74, 6) is -4.08. The Hall–Kier alpha value is -4.73. The van der Waals surface area contributed by atoms with Crippen molar-refractivity contribution in [3.63, 3.8) is 0 Å². The molecule has 10 amide bonds. The Labute approximate surface area is 444 Å². The van der Waals surface area contributed by atoms with Crippen molar-refractivity contribution in [2.45, 2.75) is 184 Å². The lowest BCUT2D eigenvalue weighted by Crippen LogP contribution is -2.62. The first-order chi connectivity index (χ1) is 34.2. The van der Waals surface area contributed by atoms with Gasteiger partial charge < -0.3 is 40.2 Å². The highest BCUT2D eigenvalue weighted by Gasteiger charge is 2.42. The number of likely N-dealkylation sites (N-methyl/N-ethyl adjacent to an activating group) is 6. The highest BCUT2D eigenvalue weighted by molar-refractivity contribution is 6.01. The summed E-state index contributed by atoms with van der Waals surface area (Å²) in [6.07, 6.45) is 1.50. The molecular formula is C53H101N11O10. The molecule has 0 saturated heterocycles. The Balaban J connectivity index is 6.68. The molecule has 0 bridgehead atoms. The Bertz CT molecular complexity index is 1810. The monoisotopic (exact) mass is 1050 g/mol. The molecule has 0 aromatic carbocycles. The van der Waals surface area contributed by atoms with E-state index in [0.29, 0.717) is 32.1 Å². The number of aliphatic hydroxyl groups excluding tert-OH is 1. The zero-order chi connectivity index (χ0) is 57.6. The minimum Gasteiger partial charge on any atom is -0.396 e. The number of carbonyl (C=O) groups is 9. The Kier molecular flexibility index (Phi) is 31.2. The molecule has 21 nitrogen and oxygen atoms in total. The molecule has 0 aromatic rings. The molecule has 0 aliphatic rings. The van der Waals surface area contributed by atoms with E-state index in [2.05, 4.69) is 26.6 Å². The van der Waals surface area contributed by atoms with E-state index in [4.69, 9.17) is 0 Å². The fourth-order valence-electron chi connectivity index (χ4n) is 9.13. The number of hydrogen-bond acceptors (Lipinski definition) is 13. The fraction of sp³-hybridized carbons (Fsp3) is 0.830. The van der Waals surface area contributed by atoms with Crippen LogP contribution in [0.4, 0.5) is 4.79 Å². The molecule has 3 unspecified atom stereocenters. The van der Waals surface area contributed by atoms with Gasteiger partial charge in [-0.3, -0.25) is 59.2 Å². The van der Waals surface area contributed by atoms with Crippen LogP contribution in [0.5, 0.6) is 0 Å². The largest absolute Gasteiger partial charge is 0.396 e. The topological polar surface area (TPSA) is 253 Å². The van der Waals surface area contributed by atoms with Gasteiger partial charge in [0, 0.05) is 41.8 Å². The molecule has 0 spiro atoms. The van der Waals surface area contributed by atoms with Gasteiger partial charge in [0.15, 0.2) is 0 Å². The molecule has 9 atom stereocenters. The third-order valence-corrected chi connectivity index (χ3v) is 13.6. The van der Waals surface area contributed by atoms with Crippen LogP contribution in [0, 0.1) is 41.4 Å². The number of amides is 10. The van der Waals surface area contributed by atoms with Crippen molar-refractivity contribution in [1.82, 2.24) is 56.0 Å². The molecule has 6 N–H and O–H groups in total. The second-order valence-electron chi connectivity index (χ2n) is 22.8. The van der Waals surface area contributed by atoms with Crippen LogP contribution in [0.25, 0.3) is 0 Å². The summed E-state index contributed by atoms with van der Waals surface area (Å²) < 4.78 is 0. The number of aliphatic hydroxyl groups is 1. The number of imide groups is 2. The van der Waals surface area contributed by atoms with Gasteiger partial charge >= 0.3 is 6.03 Å². The van der Waals surface area contributed by atoms with Crippen LogP contribution < -0.4 is 26.6 Å². The van der Waals surface area contributed by atoms with E-state index in [9.17, 15) is 48.3 Å². The molecule has 0 saturated carbocycles. The van der Waals surface area contributed by atoms with Gasteiger partial charge in [-0.15, -0.1) is 0 Å². The van der Waals surface area contributed by atoms with Gasteiger partial charge in [-0.05, 0) is 101 Å². The van der Waals surface area contributed by atoms with Crippen molar-refractivity contribution in [2.24, 2.45) is 41.4 Å². The molecule has 0 heterocycles. The molecule has 0 radical (unpaired) electrons. The van der Waals surface area contributed by atoms with E-state index in [1.165, 1.54) is 47.8 Å². The first kappa shape index (κ1) is 69.3. The van der Waals surface area contributed by atoms with Crippen LogP contribution >= 0.6 is 0 Å². The summed E-state index contributed by atoms with van der Waals surface area (Å²) >= 11 is 0. The molecule has 21 heteroatoms. The number of nitrogens with one attached hydrogen (secondary N) is 5. The molecule has 0 fully saturated rings. The van der Waals surface area contributed by atoms with Crippen molar-refractivity contribution in [3.8, 4) is 0 Å². The lowest BCUT2D eigenvalue weighted by molar-refractivity contribution is -0.154. The van der Waals surface area contributed by atoms with E-state index in [0.717, 1.165) is 4.90 Å². The number of rotatable bonds is 33. The van der Waals surface area contributed by atoms with E-state index in [1.807, 2.05) is 81.2 Å². The maximum Gasteiger partial charge on any atom is 0.324 e. The number of hydrogen-bond donors (Lipinski definition) is 6. The van der Waals surface area contributed by atoms with Crippen LogP contribution in [0.15, 0.2) is 0 Å². The van der Waals surface area contributed by atoms with Crippen LogP contribution in [-0.2, 0) is 38.4 Å². The maximum absolute atomic E-state index is 14.7. The predicted molar refractivity (Wildman–Crippen MR) is 289 cm³/mol. The summed E-state index contributed by atoms with van der Waals surface area (Å²) in [6.45, 7) is 26.0. The summed E-state index contributed by atoms with van der Waals surface area (Å²) in [4.78, 5) is 131. The Morgan fingerprint density at radius 1 is 0.554 bits per heavy atom. The molecule has 0 aliphatic heterocycles. The lowest BCUT2D eigenvalue weighted by Gasteiger charge is -2.41. The van der Waals surface area contributed by atoms with Gasteiger partial charge in [-0.1, -0.05) is 90.0 Å². The van der Waals surface area contributed by atoms with Gasteiger partial charge in [-0.2, -0.15) is 0 Å².